The van der Waals surface area contributed by atoms with Crippen LogP contribution >= 0.6 is 19.2 Å². The first-order valence-electron chi connectivity index (χ1n) is 13.2. The summed E-state index contributed by atoms with van der Waals surface area (Å²) in [5.74, 6) is -1.33. The Morgan fingerprint density at radius 1 is 0.953 bits per heavy atom. The van der Waals surface area contributed by atoms with E-state index in [4.69, 9.17) is 20.6 Å². The molecule has 2 aromatic carbocycles. The molecule has 0 bridgehead atoms. The Morgan fingerprint density at radius 2 is 1.56 bits per heavy atom. The van der Waals surface area contributed by atoms with Crippen molar-refractivity contribution in [2.24, 2.45) is 0 Å². The fraction of sp³-hybridized carbons (Fsp3) is 0.400. The maximum Gasteiger partial charge on any atom is 0.417 e. The van der Waals surface area contributed by atoms with Crippen molar-refractivity contribution in [1.82, 2.24) is 4.57 Å². The average Bonchev–Trinajstić information content (AvgIpc) is 2.80. The van der Waals surface area contributed by atoms with E-state index < -0.39 is 59.1 Å². The van der Waals surface area contributed by atoms with Crippen LogP contribution < -0.4 is 10.9 Å². The second-order valence-corrected chi connectivity index (χ2v) is 14.3. The summed E-state index contributed by atoms with van der Waals surface area (Å²) in [6, 6.07) is 8.00. The van der Waals surface area contributed by atoms with Gasteiger partial charge in [0.2, 0.25) is 0 Å². The molecule has 1 heterocycles. The molecule has 3 aromatic rings. The van der Waals surface area contributed by atoms with E-state index in [9.17, 15) is 31.7 Å². The van der Waals surface area contributed by atoms with Crippen molar-refractivity contribution in [3.8, 4) is 0 Å². The van der Waals surface area contributed by atoms with Gasteiger partial charge >= 0.3 is 13.8 Å². The number of benzene rings is 2. The van der Waals surface area contributed by atoms with Crippen LogP contribution in [0, 0.1) is 12.7 Å². The fourth-order valence-electron chi connectivity index (χ4n) is 4.25. The second-order valence-electron chi connectivity index (χ2n) is 12.1. The number of alkyl halides is 3. The van der Waals surface area contributed by atoms with Gasteiger partial charge in [-0.25, -0.2) is 4.39 Å². The standard InChI is InChI=1S/C30H34ClF4N2O5P/c1-18-12-21(32)9-8-19(18)13-20-14-24(30(33,34)35)25(31)16-23(20)27(39)36-22-10-11-37(26(38)15-22)17-43(40,41-28(2,3)4)42-29(5,6)7/h8-12,14-16H,13,17H2,1-7H3,(H,36,39). The third-order valence-corrected chi connectivity index (χ3v) is 8.45. The molecule has 0 aliphatic rings. The number of hydrogen-bond acceptors (Lipinski definition) is 5. The zero-order valence-corrected chi connectivity index (χ0v) is 26.5. The lowest BCUT2D eigenvalue weighted by Crippen LogP contribution is -2.28. The van der Waals surface area contributed by atoms with Gasteiger partial charge in [0, 0.05) is 23.5 Å². The average molecular weight is 645 g/mol. The van der Waals surface area contributed by atoms with Crippen molar-refractivity contribution in [1.29, 1.82) is 0 Å². The highest BCUT2D eigenvalue weighted by Crippen LogP contribution is 2.55. The van der Waals surface area contributed by atoms with Gasteiger partial charge in [-0.3, -0.25) is 14.2 Å². The zero-order valence-electron chi connectivity index (χ0n) is 24.9. The van der Waals surface area contributed by atoms with Crippen LogP contribution in [-0.4, -0.2) is 21.7 Å². The van der Waals surface area contributed by atoms with Crippen molar-refractivity contribution >= 4 is 30.8 Å². The molecule has 0 aliphatic heterocycles. The van der Waals surface area contributed by atoms with Gasteiger partial charge in [0.05, 0.1) is 21.8 Å². The lowest BCUT2D eigenvalue weighted by atomic mass is 9.94. The molecule has 0 fully saturated rings. The van der Waals surface area contributed by atoms with Gasteiger partial charge in [-0.1, -0.05) is 17.7 Å². The maximum atomic E-state index is 13.7. The molecule has 0 saturated heterocycles. The van der Waals surface area contributed by atoms with E-state index in [0.717, 1.165) is 22.8 Å². The van der Waals surface area contributed by atoms with Crippen molar-refractivity contribution in [2.45, 2.75) is 78.6 Å². The lowest BCUT2D eigenvalue weighted by Gasteiger charge is -2.32. The Balaban J connectivity index is 1.95. The zero-order chi connectivity index (χ0) is 32.5. The van der Waals surface area contributed by atoms with Gasteiger partial charge in [0.25, 0.3) is 11.5 Å². The van der Waals surface area contributed by atoms with Crippen LogP contribution in [0.15, 0.2) is 53.5 Å². The first kappa shape index (κ1) is 34.5. The minimum absolute atomic E-state index is 0.00290. The fourth-order valence-corrected chi connectivity index (χ4v) is 6.95. The number of anilines is 1. The summed E-state index contributed by atoms with van der Waals surface area (Å²) >= 11 is 5.93. The number of halogens is 5. The Morgan fingerprint density at radius 3 is 2.07 bits per heavy atom. The van der Waals surface area contributed by atoms with E-state index in [1.165, 1.54) is 30.5 Å². The number of hydrogen-bond donors (Lipinski definition) is 1. The smallest absolute Gasteiger partial charge is 0.322 e. The molecule has 0 saturated carbocycles. The number of aromatic nitrogens is 1. The van der Waals surface area contributed by atoms with Crippen molar-refractivity contribution in [3.63, 3.8) is 0 Å². The molecule has 13 heteroatoms. The van der Waals surface area contributed by atoms with Crippen LogP contribution in [0.3, 0.4) is 0 Å². The van der Waals surface area contributed by atoms with E-state index in [0.29, 0.717) is 11.1 Å². The molecule has 0 radical (unpaired) electrons. The number of carbonyl (C=O) groups is 1. The summed E-state index contributed by atoms with van der Waals surface area (Å²) in [6.45, 7) is 11.8. The molecule has 7 nitrogen and oxygen atoms in total. The molecule has 0 spiro atoms. The number of nitrogens with one attached hydrogen (secondary N) is 1. The van der Waals surface area contributed by atoms with E-state index in [-0.39, 0.29) is 23.2 Å². The first-order chi connectivity index (χ1) is 19.6. The second kappa shape index (κ2) is 12.6. The van der Waals surface area contributed by atoms with Gasteiger partial charge in [0.15, 0.2) is 0 Å². The summed E-state index contributed by atoms with van der Waals surface area (Å²) in [7, 11) is -3.83. The topological polar surface area (TPSA) is 86.6 Å². The third kappa shape index (κ3) is 9.76. The Kier molecular flexibility index (Phi) is 10.1. The number of carbonyl (C=O) groups excluding carboxylic acids is 1. The van der Waals surface area contributed by atoms with E-state index in [2.05, 4.69) is 5.32 Å². The summed E-state index contributed by atoms with van der Waals surface area (Å²) < 4.78 is 80.7. The van der Waals surface area contributed by atoms with Crippen LogP contribution in [0.1, 0.15) is 74.2 Å². The highest BCUT2D eigenvalue weighted by molar-refractivity contribution is 7.52. The summed E-state index contributed by atoms with van der Waals surface area (Å²) in [6.07, 6.45) is -4.00. The number of nitrogens with zero attached hydrogens (tertiary/aromatic N) is 1. The maximum absolute atomic E-state index is 13.7. The van der Waals surface area contributed by atoms with Gasteiger partial charge in [0.1, 0.15) is 12.1 Å². The largest absolute Gasteiger partial charge is 0.417 e. The minimum Gasteiger partial charge on any atom is -0.322 e. The van der Waals surface area contributed by atoms with Crippen LogP contribution in [-0.2, 0) is 32.5 Å². The molecule has 1 aromatic heterocycles. The molecule has 1 N–H and O–H groups in total. The summed E-state index contributed by atoms with van der Waals surface area (Å²) in [5.41, 5.74) is -2.58. The number of pyridine rings is 1. The Hall–Kier alpha value is -2.98. The number of aryl methyl sites for hydroxylation is 1. The lowest BCUT2D eigenvalue weighted by molar-refractivity contribution is -0.137. The third-order valence-electron chi connectivity index (χ3n) is 5.83. The van der Waals surface area contributed by atoms with Crippen molar-refractivity contribution in [3.05, 3.63) is 97.7 Å². The van der Waals surface area contributed by atoms with Gasteiger partial charge in [-0.15, -0.1) is 0 Å². The number of amides is 1. The first-order valence-corrected chi connectivity index (χ1v) is 15.3. The molecule has 43 heavy (non-hydrogen) atoms. The Bertz CT molecular complexity index is 1600. The summed E-state index contributed by atoms with van der Waals surface area (Å²) in [4.78, 5) is 26.3. The molecule has 1 amide bonds. The SMILES string of the molecule is Cc1cc(F)ccc1Cc1cc(C(F)(F)F)c(Cl)cc1C(=O)Nc1ccn(CP(=O)(OC(C)(C)C)OC(C)(C)C)c(=O)c1. The van der Waals surface area contributed by atoms with Gasteiger partial charge in [-0.2, -0.15) is 13.2 Å². The predicted octanol–water partition coefficient (Wildman–Crippen LogP) is 8.59. The van der Waals surface area contributed by atoms with Crippen LogP contribution in [0.25, 0.3) is 0 Å². The molecular formula is C30H34ClF4N2O5P. The predicted molar refractivity (Wildman–Crippen MR) is 158 cm³/mol. The van der Waals surface area contributed by atoms with Gasteiger partial charge in [-0.05, 0) is 102 Å². The van der Waals surface area contributed by atoms with E-state index >= 15 is 0 Å². The molecule has 0 aliphatic carbocycles. The Labute approximate surface area is 252 Å². The van der Waals surface area contributed by atoms with E-state index in [1.807, 2.05) is 0 Å². The van der Waals surface area contributed by atoms with Crippen molar-refractivity contribution in [2.75, 3.05) is 5.32 Å². The molecular weight excluding hydrogens is 611 g/mol. The highest BCUT2D eigenvalue weighted by atomic mass is 35.5. The van der Waals surface area contributed by atoms with Gasteiger partial charge < -0.3 is 18.9 Å². The molecule has 0 atom stereocenters. The normalized spacial score (nSPS) is 12.8. The molecule has 234 valence electrons. The monoisotopic (exact) mass is 644 g/mol. The van der Waals surface area contributed by atoms with Crippen LogP contribution in [0.5, 0.6) is 0 Å². The van der Waals surface area contributed by atoms with Crippen LogP contribution in [0.4, 0.5) is 23.2 Å². The van der Waals surface area contributed by atoms with Crippen LogP contribution in [0.2, 0.25) is 5.02 Å². The highest BCUT2D eigenvalue weighted by Gasteiger charge is 2.36. The van der Waals surface area contributed by atoms with Crippen molar-refractivity contribution < 1.29 is 36.0 Å². The minimum atomic E-state index is -4.78. The van der Waals surface area contributed by atoms with E-state index in [1.54, 1.807) is 48.5 Å². The number of rotatable bonds is 8. The molecule has 0 unspecified atom stereocenters. The molecule has 3 rings (SSSR count). The quantitative estimate of drug-likeness (QED) is 0.196. The summed E-state index contributed by atoms with van der Waals surface area (Å²) in [5, 5.41) is 1.84.